The molecule has 2 heterocycles. The Kier molecular flexibility index (Phi) is 5.35. The van der Waals surface area contributed by atoms with E-state index in [9.17, 15) is 9.18 Å². The number of nitrogens with zero attached hydrogens (tertiary/aromatic N) is 2. The molecule has 5 nitrogen and oxygen atoms in total. The van der Waals surface area contributed by atoms with Crippen molar-refractivity contribution in [2.75, 3.05) is 51.3 Å². The van der Waals surface area contributed by atoms with E-state index in [4.69, 9.17) is 16.3 Å². The lowest BCUT2D eigenvalue weighted by Crippen LogP contribution is -2.40. The molecule has 7 heteroatoms. The first kappa shape index (κ1) is 16.5. The van der Waals surface area contributed by atoms with Crippen LogP contribution in [0.5, 0.6) is 0 Å². The van der Waals surface area contributed by atoms with Gasteiger partial charge < -0.3 is 15.0 Å². The third-order valence-electron chi connectivity index (χ3n) is 4.36. The Morgan fingerprint density at radius 2 is 2.13 bits per heavy atom. The Balaban J connectivity index is 1.51. The van der Waals surface area contributed by atoms with Crippen molar-refractivity contribution in [3.63, 3.8) is 0 Å². The Labute approximate surface area is 140 Å². The lowest BCUT2D eigenvalue weighted by Gasteiger charge is -2.29. The fourth-order valence-electron chi connectivity index (χ4n) is 3.10. The second-order valence-corrected chi connectivity index (χ2v) is 6.50. The van der Waals surface area contributed by atoms with Gasteiger partial charge in [0, 0.05) is 37.7 Å². The molecule has 2 aliphatic heterocycles. The van der Waals surface area contributed by atoms with Gasteiger partial charge in [0.05, 0.1) is 18.9 Å². The standard InChI is InChI=1S/C16H21ClFN3O2/c17-13-1-2-14(18)15(9-13)19-16(22)21-4-3-12(11-21)10-20-5-7-23-8-6-20/h1-2,9,12H,3-8,10-11H2,(H,19,22)/t12-/m1/s1. The van der Waals surface area contributed by atoms with Gasteiger partial charge in [-0.25, -0.2) is 9.18 Å². The van der Waals surface area contributed by atoms with Crippen LogP contribution in [0.2, 0.25) is 5.02 Å². The molecule has 2 aliphatic rings. The molecule has 0 spiro atoms. The van der Waals surface area contributed by atoms with Crippen LogP contribution < -0.4 is 5.32 Å². The first-order valence-electron chi connectivity index (χ1n) is 7.93. The molecule has 3 rings (SSSR count). The number of rotatable bonds is 3. The molecular formula is C16H21ClFN3O2. The average Bonchev–Trinajstić information content (AvgIpc) is 3.00. The predicted molar refractivity (Wildman–Crippen MR) is 87.4 cm³/mol. The second-order valence-electron chi connectivity index (χ2n) is 6.07. The van der Waals surface area contributed by atoms with Crippen molar-refractivity contribution in [2.24, 2.45) is 5.92 Å². The fraction of sp³-hybridized carbons (Fsp3) is 0.562. The van der Waals surface area contributed by atoms with Crippen LogP contribution in [0.3, 0.4) is 0 Å². The molecule has 0 bridgehead atoms. The number of hydrogen-bond acceptors (Lipinski definition) is 3. The number of benzene rings is 1. The van der Waals surface area contributed by atoms with Gasteiger partial charge >= 0.3 is 6.03 Å². The maximum atomic E-state index is 13.7. The van der Waals surface area contributed by atoms with Crippen LogP contribution in [0.4, 0.5) is 14.9 Å². The minimum atomic E-state index is -0.480. The van der Waals surface area contributed by atoms with Crippen molar-refractivity contribution < 1.29 is 13.9 Å². The maximum Gasteiger partial charge on any atom is 0.321 e. The molecule has 2 saturated heterocycles. The highest BCUT2D eigenvalue weighted by Gasteiger charge is 2.28. The summed E-state index contributed by atoms with van der Waals surface area (Å²) in [4.78, 5) is 16.4. The summed E-state index contributed by atoms with van der Waals surface area (Å²) in [6.07, 6.45) is 0.975. The van der Waals surface area contributed by atoms with E-state index in [0.717, 1.165) is 39.3 Å². The van der Waals surface area contributed by atoms with Crippen molar-refractivity contribution >= 4 is 23.3 Å². The zero-order valence-electron chi connectivity index (χ0n) is 12.9. The molecular weight excluding hydrogens is 321 g/mol. The number of hydrogen-bond donors (Lipinski definition) is 1. The molecule has 1 aromatic rings. The van der Waals surface area contributed by atoms with E-state index in [1.165, 1.54) is 18.2 Å². The van der Waals surface area contributed by atoms with Crippen molar-refractivity contribution in [3.05, 3.63) is 29.0 Å². The average molecular weight is 342 g/mol. The number of anilines is 1. The Hall–Kier alpha value is -1.37. The molecule has 0 aliphatic carbocycles. The summed E-state index contributed by atoms with van der Waals surface area (Å²) >= 11 is 5.84. The molecule has 0 unspecified atom stereocenters. The van der Waals surface area contributed by atoms with Gasteiger partial charge in [0.1, 0.15) is 5.82 Å². The summed E-state index contributed by atoms with van der Waals surface area (Å²) in [6.45, 7) is 5.86. The fourth-order valence-corrected chi connectivity index (χ4v) is 3.27. The van der Waals surface area contributed by atoms with E-state index in [1.807, 2.05) is 0 Å². The predicted octanol–water partition coefficient (Wildman–Crippen LogP) is 2.67. The zero-order chi connectivity index (χ0) is 16.2. The molecule has 126 valence electrons. The number of morpholine rings is 1. The summed E-state index contributed by atoms with van der Waals surface area (Å²) in [6, 6.07) is 3.87. The quantitative estimate of drug-likeness (QED) is 0.919. The third-order valence-corrected chi connectivity index (χ3v) is 4.60. The van der Waals surface area contributed by atoms with Gasteiger partial charge in [-0.15, -0.1) is 0 Å². The number of carbonyl (C=O) groups excluding carboxylic acids is 1. The largest absolute Gasteiger partial charge is 0.379 e. The lowest BCUT2D eigenvalue weighted by molar-refractivity contribution is 0.0314. The van der Waals surface area contributed by atoms with Crippen LogP contribution in [-0.2, 0) is 4.74 Å². The van der Waals surface area contributed by atoms with Crippen molar-refractivity contribution in [2.45, 2.75) is 6.42 Å². The third kappa shape index (κ3) is 4.34. The highest BCUT2D eigenvalue weighted by Crippen LogP contribution is 2.22. The summed E-state index contributed by atoms with van der Waals surface area (Å²) in [5.41, 5.74) is 0.124. The van der Waals surface area contributed by atoms with Crippen LogP contribution >= 0.6 is 11.6 Å². The molecule has 23 heavy (non-hydrogen) atoms. The maximum absolute atomic E-state index is 13.7. The summed E-state index contributed by atoms with van der Waals surface area (Å²) in [5.74, 6) is -0.0186. The number of nitrogens with one attached hydrogen (secondary N) is 1. The van der Waals surface area contributed by atoms with Gasteiger partial charge in [0.2, 0.25) is 0 Å². The molecule has 1 N–H and O–H groups in total. The highest BCUT2D eigenvalue weighted by atomic mass is 35.5. The number of likely N-dealkylation sites (tertiary alicyclic amines) is 1. The SMILES string of the molecule is O=C(Nc1cc(Cl)ccc1F)N1CC[C@H](CN2CCOCC2)C1. The van der Waals surface area contributed by atoms with Gasteiger partial charge in [-0.3, -0.25) is 4.90 Å². The van der Waals surface area contributed by atoms with Gasteiger partial charge in [-0.2, -0.15) is 0 Å². The zero-order valence-corrected chi connectivity index (χ0v) is 13.7. The highest BCUT2D eigenvalue weighted by molar-refractivity contribution is 6.30. The van der Waals surface area contributed by atoms with Crippen LogP contribution in [-0.4, -0.2) is 61.8 Å². The lowest BCUT2D eigenvalue weighted by atomic mass is 10.1. The van der Waals surface area contributed by atoms with Crippen LogP contribution in [0.25, 0.3) is 0 Å². The topological polar surface area (TPSA) is 44.8 Å². The van der Waals surface area contributed by atoms with Gasteiger partial charge in [-0.1, -0.05) is 11.6 Å². The first-order valence-corrected chi connectivity index (χ1v) is 8.30. The van der Waals surface area contributed by atoms with Gasteiger partial charge in [0.25, 0.3) is 0 Å². The number of urea groups is 1. The van der Waals surface area contributed by atoms with E-state index in [0.29, 0.717) is 24.0 Å². The van der Waals surface area contributed by atoms with E-state index < -0.39 is 5.82 Å². The van der Waals surface area contributed by atoms with Crippen LogP contribution in [0.1, 0.15) is 6.42 Å². The summed E-state index contributed by atoms with van der Waals surface area (Å²) in [7, 11) is 0. The molecule has 1 aromatic carbocycles. The monoisotopic (exact) mass is 341 g/mol. The number of carbonyl (C=O) groups is 1. The Morgan fingerprint density at radius 3 is 2.91 bits per heavy atom. The van der Waals surface area contributed by atoms with E-state index in [-0.39, 0.29) is 11.7 Å². The summed E-state index contributed by atoms with van der Waals surface area (Å²) in [5, 5.41) is 3.01. The normalized spacial score (nSPS) is 22.3. The van der Waals surface area contributed by atoms with E-state index >= 15 is 0 Å². The summed E-state index contributed by atoms with van der Waals surface area (Å²) < 4.78 is 19.0. The molecule has 0 aromatic heterocycles. The van der Waals surface area contributed by atoms with Crippen LogP contribution in [0.15, 0.2) is 18.2 Å². The van der Waals surface area contributed by atoms with Crippen LogP contribution in [0, 0.1) is 11.7 Å². The number of halogens is 2. The van der Waals surface area contributed by atoms with Crippen molar-refractivity contribution in [1.82, 2.24) is 9.80 Å². The second kappa shape index (κ2) is 7.47. The molecule has 1 atom stereocenters. The molecule has 0 saturated carbocycles. The Bertz CT molecular complexity index is 566. The minimum absolute atomic E-state index is 0.124. The minimum Gasteiger partial charge on any atom is -0.379 e. The molecule has 0 radical (unpaired) electrons. The first-order chi connectivity index (χ1) is 11.1. The van der Waals surface area contributed by atoms with E-state index in [1.54, 1.807) is 4.90 Å². The molecule has 2 fully saturated rings. The Morgan fingerprint density at radius 1 is 1.35 bits per heavy atom. The van der Waals surface area contributed by atoms with Crippen molar-refractivity contribution in [3.8, 4) is 0 Å². The number of amides is 2. The van der Waals surface area contributed by atoms with Crippen molar-refractivity contribution in [1.29, 1.82) is 0 Å². The molecule has 2 amide bonds. The number of ether oxygens (including phenoxy) is 1. The van der Waals surface area contributed by atoms with Gasteiger partial charge in [-0.05, 0) is 30.5 Å². The van der Waals surface area contributed by atoms with Gasteiger partial charge in [0.15, 0.2) is 0 Å². The van der Waals surface area contributed by atoms with E-state index in [2.05, 4.69) is 10.2 Å². The smallest absolute Gasteiger partial charge is 0.321 e.